The molecule has 3 aromatic rings. The second-order valence-electron chi connectivity index (χ2n) is 4.60. The van der Waals surface area contributed by atoms with Gasteiger partial charge in [0.2, 0.25) is 0 Å². The minimum absolute atomic E-state index is 0.269. The van der Waals surface area contributed by atoms with E-state index < -0.39 is 0 Å². The van der Waals surface area contributed by atoms with Crippen LogP contribution in [0.4, 0.5) is 4.39 Å². The summed E-state index contributed by atoms with van der Waals surface area (Å²) in [6.07, 6.45) is 0. The fourth-order valence-corrected chi connectivity index (χ4v) is 3.15. The molecule has 0 aromatic heterocycles. The van der Waals surface area contributed by atoms with E-state index in [1.165, 1.54) is 12.1 Å². The smallest absolute Gasteiger partial charge is 0.123 e. The van der Waals surface area contributed by atoms with Gasteiger partial charge in [-0.05, 0) is 40.1 Å². The molecule has 0 fully saturated rings. The Hall–Kier alpha value is -1.38. The fourth-order valence-electron chi connectivity index (χ4n) is 2.35. The lowest BCUT2D eigenvalue weighted by molar-refractivity contribution is 0.626. The van der Waals surface area contributed by atoms with Gasteiger partial charge >= 0.3 is 0 Å². The maximum atomic E-state index is 13.4. The molecule has 0 nitrogen and oxygen atoms in total. The number of alkyl halides is 1. The lowest BCUT2D eigenvalue weighted by Crippen LogP contribution is -1.95. The number of benzene rings is 3. The topological polar surface area (TPSA) is 0 Å². The molecule has 0 radical (unpaired) electrons. The summed E-state index contributed by atoms with van der Waals surface area (Å²) in [5.41, 5.74) is 1.75. The summed E-state index contributed by atoms with van der Waals surface area (Å²) in [6, 6.07) is 18.4. The number of rotatable bonds is 2. The quantitative estimate of drug-likeness (QED) is 0.493. The van der Waals surface area contributed by atoms with E-state index >= 15 is 0 Å². The standard InChI is InChI=1S/C17H11BrClF/c18-16-9-8-15(13-6-1-2-7-14(13)16)17(19)11-4-3-5-12(20)10-11/h1-10,17H. The molecule has 0 saturated heterocycles. The Bertz CT molecular complexity index is 770. The SMILES string of the molecule is Fc1cccc(C(Cl)c2ccc(Br)c3ccccc23)c1. The van der Waals surface area contributed by atoms with Crippen LogP contribution in [0.1, 0.15) is 16.5 Å². The van der Waals surface area contributed by atoms with Gasteiger partial charge in [-0.15, -0.1) is 11.6 Å². The number of hydrogen-bond donors (Lipinski definition) is 0. The summed E-state index contributed by atoms with van der Waals surface area (Å²) in [5, 5.41) is 1.81. The first kappa shape index (κ1) is 13.6. The van der Waals surface area contributed by atoms with Crippen molar-refractivity contribution >= 4 is 38.3 Å². The molecule has 1 unspecified atom stereocenters. The Morgan fingerprint density at radius 3 is 2.40 bits per heavy atom. The van der Waals surface area contributed by atoms with Gasteiger partial charge in [0.25, 0.3) is 0 Å². The van der Waals surface area contributed by atoms with E-state index in [9.17, 15) is 4.39 Å². The fraction of sp³-hybridized carbons (Fsp3) is 0.0588. The van der Waals surface area contributed by atoms with E-state index in [-0.39, 0.29) is 11.2 Å². The lowest BCUT2D eigenvalue weighted by atomic mass is 9.98. The van der Waals surface area contributed by atoms with Crippen molar-refractivity contribution in [3.8, 4) is 0 Å². The first-order valence-electron chi connectivity index (χ1n) is 6.23. The molecule has 1 atom stereocenters. The molecule has 3 aromatic carbocycles. The second-order valence-corrected chi connectivity index (χ2v) is 5.89. The molecule has 0 aliphatic rings. The van der Waals surface area contributed by atoms with E-state index in [4.69, 9.17) is 11.6 Å². The lowest BCUT2D eigenvalue weighted by Gasteiger charge is -2.14. The molecular weight excluding hydrogens is 339 g/mol. The molecular formula is C17H11BrClF. The minimum Gasteiger partial charge on any atom is -0.207 e. The molecule has 0 spiro atoms. The normalized spacial score (nSPS) is 12.6. The Labute approximate surface area is 130 Å². The summed E-state index contributed by atoms with van der Waals surface area (Å²) in [5.74, 6) is -0.269. The van der Waals surface area contributed by atoms with E-state index in [0.717, 1.165) is 26.4 Å². The largest absolute Gasteiger partial charge is 0.207 e. The van der Waals surface area contributed by atoms with Crippen molar-refractivity contribution in [1.29, 1.82) is 0 Å². The Balaban J connectivity index is 2.17. The minimum atomic E-state index is -0.372. The third-order valence-electron chi connectivity index (χ3n) is 3.32. The van der Waals surface area contributed by atoms with Crippen molar-refractivity contribution in [1.82, 2.24) is 0 Å². The van der Waals surface area contributed by atoms with E-state index in [1.54, 1.807) is 6.07 Å². The number of hydrogen-bond acceptors (Lipinski definition) is 0. The average molecular weight is 350 g/mol. The molecule has 3 heteroatoms. The van der Waals surface area contributed by atoms with Gasteiger partial charge in [0.15, 0.2) is 0 Å². The van der Waals surface area contributed by atoms with Crippen LogP contribution in [-0.4, -0.2) is 0 Å². The maximum absolute atomic E-state index is 13.4. The summed E-state index contributed by atoms with van der Waals surface area (Å²) < 4.78 is 14.4. The predicted molar refractivity (Wildman–Crippen MR) is 85.7 cm³/mol. The molecule has 0 bridgehead atoms. The van der Waals surface area contributed by atoms with Crippen LogP contribution in [0.15, 0.2) is 65.1 Å². The van der Waals surface area contributed by atoms with E-state index in [0.29, 0.717) is 0 Å². The van der Waals surface area contributed by atoms with Gasteiger partial charge in [0, 0.05) is 4.47 Å². The van der Waals surface area contributed by atoms with Crippen molar-refractivity contribution in [3.05, 3.63) is 82.1 Å². The Kier molecular flexibility index (Phi) is 3.77. The zero-order chi connectivity index (χ0) is 14.1. The van der Waals surface area contributed by atoms with Crippen molar-refractivity contribution < 1.29 is 4.39 Å². The van der Waals surface area contributed by atoms with Gasteiger partial charge in [-0.25, -0.2) is 4.39 Å². The zero-order valence-corrected chi connectivity index (χ0v) is 12.8. The second kappa shape index (κ2) is 5.55. The first-order chi connectivity index (χ1) is 9.66. The first-order valence-corrected chi connectivity index (χ1v) is 7.46. The molecule has 100 valence electrons. The van der Waals surface area contributed by atoms with Gasteiger partial charge in [-0.1, -0.05) is 58.4 Å². The van der Waals surface area contributed by atoms with Crippen LogP contribution in [0.2, 0.25) is 0 Å². The third kappa shape index (κ3) is 2.46. The molecule has 3 rings (SSSR count). The summed E-state index contributed by atoms with van der Waals surface area (Å²) in [6.45, 7) is 0. The molecule has 0 aliphatic heterocycles. The van der Waals surface area contributed by atoms with Gasteiger partial charge < -0.3 is 0 Å². The van der Waals surface area contributed by atoms with Crippen LogP contribution < -0.4 is 0 Å². The van der Waals surface area contributed by atoms with Gasteiger partial charge in [-0.2, -0.15) is 0 Å². The Morgan fingerprint density at radius 2 is 1.65 bits per heavy atom. The van der Waals surface area contributed by atoms with Crippen molar-refractivity contribution in [3.63, 3.8) is 0 Å². The molecule has 0 aliphatic carbocycles. The van der Waals surface area contributed by atoms with Crippen molar-refractivity contribution in [2.75, 3.05) is 0 Å². The van der Waals surface area contributed by atoms with Crippen LogP contribution in [0.25, 0.3) is 10.8 Å². The van der Waals surface area contributed by atoms with Crippen LogP contribution in [0, 0.1) is 5.82 Å². The van der Waals surface area contributed by atoms with Crippen molar-refractivity contribution in [2.24, 2.45) is 0 Å². The highest BCUT2D eigenvalue weighted by Gasteiger charge is 2.15. The average Bonchev–Trinajstić information content (AvgIpc) is 2.47. The zero-order valence-electron chi connectivity index (χ0n) is 10.5. The van der Waals surface area contributed by atoms with Gasteiger partial charge in [-0.3, -0.25) is 0 Å². The molecule has 0 saturated carbocycles. The molecule has 20 heavy (non-hydrogen) atoms. The van der Waals surface area contributed by atoms with Crippen LogP contribution in [-0.2, 0) is 0 Å². The van der Waals surface area contributed by atoms with Crippen LogP contribution in [0.3, 0.4) is 0 Å². The highest BCUT2D eigenvalue weighted by molar-refractivity contribution is 9.10. The van der Waals surface area contributed by atoms with E-state index in [2.05, 4.69) is 15.9 Å². The van der Waals surface area contributed by atoms with Gasteiger partial charge in [0.1, 0.15) is 5.82 Å². The number of halogens is 3. The predicted octanol–water partition coefficient (Wildman–Crippen LogP) is 6.07. The van der Waals surface area contributed by atoms with Gasteiger partial charge in [0.05, 0.1) is 5.38 Å². The Morgan fingerprint density at radius 1 is 0.900 bits per heavy atom. The molecule has 0 N–H and O–H groups in total. The summed E-state index contributed by atoms with van der Waals surface area (Å²) in [4.78, 5) is 0. The third-order valence-corrected chi connectivity index (χ3v) is 4.50. The van der Waals surface area contributed by atoms with Crippen molar-refractivity contribution in [2.45, 2.75) is 5.38 Å². The maximum Gasteiger partial charge on any atom is 0.123 e. The summed E-state index contributed by atoms with van der Waals surface area (Å²) >= 11 is 10.1. The monoisotopic (exact) mass is 348 g/mol. The van der Waals surface area contributed by atoms with E-state index in [1.807, 2.05) is 42.5 Å². The van der Waals surface area contributed by atoms with Crippen LogP contribution in [0.5, 0.6) is 0 Å². The summed E-state index contributed by atoms with van der Waals surface area (Å²) in [7, 11) is 0. The highest BCUT2D eigenvalue weighted by Crippen LogP contribution is 2.36. The molecule has 0 heterocycles. The highest BCUT2D eigenvalue weighted by atomic mass is 79.9. The molecule has 0 amide bonds. The number of fused-ring (bicyclic) bond motifs is 1. The van der Waals surface area contributed by atoms with Crippen LogP contribution >= 0.6 is 27.5 Å².